The summed E-state index contributed by atoms with van der Waals surface area (Å²) in [6.45, 7) is 9.28. The molecule has 194 valence electrons. The van der Waals surface area contributed by atoms with Gasteiger partial charge in [-0.15, -0.1) is 0 Å². The van der Waals surface area contributed by atoms with Crippen molar-refractivity contribution >= 4 is 28.2 Å². The number of aromatic nitrogens is 3. The Bertz CT molecular complexity index is 1950. The summed E-state index contributed by atoms with van der Waals surface area (Å²) in [5.41, 5.74) is 9.06. The average molecular weight is 519 g/mol. The molecule has 0 aliphatic carbocycles. The second-order valence-corrected chi connectivity index (χ2v) is 12.0. The maximum absolute atomic E-state index is 5.43. The normalized spacial score (nSPS) is 15.8. The Hall–Kier alpha value is -4.70. The van der Waals surface area contributed by atoms with Crippen LogP contribution >= 0.6 is 0 Å². The monoisotopic (exact) mass is 518 g/mol. The molecule has 5 heterocycles. The van der Waals surface area contributed by atoms with Crippen molar-refractivity contribution < 1.29 is 0 Å². The number of fused-ring (bicyclic) bond motifs is 5. The number of benzene rings is 3. The molecule has 0 atom stereocenters. The topological polar surface area (TPSA) is 34.0 Å². The van der Waals surface area contributed by atoms with E-state index in [0.717, 1.165) is 34.2 Å². The first-order chi connectivity index (χ1) is 19.4. The highest BCUT2D eigenvalue weighted by atomic mass is 15.3. The van der Waals surface area contributed by atoms with Crippen LogP contribution in [0.15, 0.2) is 109 Å². The zero-order chi connectivity index (χ0) is 27.2. The summed E-state index contributed by atoms with van der Waals surface area (Å²) in [4.78, 5) is 13.1. The number of para-hydroxylation sites is 2. The first-order valence-corrected chi connectivity index (χ1v) is 13.9. The fraction of sp³-hybridized carbons (Fsp3) is 0.167. The van der Waals surface area contributed by atoms with Gasteiger partial charge in [0.1, 0.15) is 17.5 Å². The molecule has 0 spiro atoms. The van der Waals surface area contributed by atoms with E-state index >= 15 is 0 Å². The Labute approximate surface area is 234 Å². The predicted molar refractivity (Wildman–Crippen MR) is 163 cm³/mol. The zero-order valence-corrected chi connectivity index (χ0v) is 23.2. The van der Waals surface area contributed by atoms with Crippen molar-refractivity contribution in [3.05, 3.63) is 132 Å². The van der Waals surface area contributed by atoms with Crippen LogP contribution in [0.1, 0.15) is 49.9 Å². The Morgan fingerprint density at radius 3 is 1.95 bits per heavy atom. The van der Waals surface area contributed by atoms with Gasteiger partial charge in [0, 0.05) is 33.7 Å². The van der Waals surface area contributed by atoms with Crippen LogP contribution in [-0.4, -0.2) is 14.5 Å². The predicted octanol–water partition coefficient (Wildman–Crippen LogP) is 8.84. The molecule has 2 aliphatic heterocycles. The summed E-state index contributed by atoms with van der Waals surface area (Å²) in [5, 5.41) is 1.20. The molecule has 8 rings (SSSR count). The molecule has 0 saturated carbocycles. The highest BCUT2D eigenvalue weighted by molar-refractivity contribution is 5.91. The smallest absolute Gasteiger partial charge is 0.145 e. The second-order valence-electron chi connectivity index (χ2n) is 12.0. The van der Waals surface area contributed by atoms with Crippen molar-refractivity contribution in [3.63, 3.8) is 0 Å². The third-order valence-electron chi connectivity index (χ3n) is 9.03. The molecule has 0 unspecified atom stereocenters. The number of pyridine rings is 2. The molecular weight excluding hydrogens is 488 g/mol. The first kappa shape index (κ1) is 23.2. The molecule has 6 aromatic rings. The minimum Gasteiger partial charge on any atom is -0.301 e. The number of hydrogen-bond acceptors (Lipinski definition) is 3. The van der Waals surface area contributed by atoms with Gasteiger partial charge in [0.05, 0.1) is 16.9 Å². The maximum Gasteiger partial charge on any atom is 0.145 e. The molecule has 0 saturated heterocycles. The van der Waals surface area contributed by atoms with Gasteiger partial charge >= 0.3 is 0 Å². The van der Waals surface area contributed by atoms with Crippen LogP contribution in [0, 0.1) is 0 Å². The van der Waals surface area contributed by atoms with Crippen LogP contribution in [-0.2, 0) is 10.8 Å². The molecule has 0 bridgehead atoms. The molecular formula is C36H30N4. The lowest BCUT2D eigenvalue weighted by Crippen LogP contribution is -2.39. The van der Waals surface area contributed by atoms with E-state index in [0.29, 0.717) is 0 Å². The van der Waals surface area contributed by atoms with Crippen molar-refractivity contribution in [2.45, 2.75) is 38.5 Å². The lowest BCUT2D eigenvalue weighted by atomic mass is 9.67. The van der Waals surface area contributed by atoms with E-state index in [-0.39, 0.29) is 10.8 Å². The van der Waals surface area contributed by atoms with Crippen LogP contribution in [0.2, 0.25) is 0 Å². The molecule has 4 heteroatoms. The van der Waals surface area contributed by atoms with Crippen LogP contribution in [0.4, 0.5) is 17.3 Å². The van der Waals surface area contributed by atoms with Gasteiger partial charge in [0.2, 0.25) is 0 Å². The van der Waals surface area contributed by atoms with E-state index in [9.17, 15) is 0 Å². The van der Waals surface area contributed by atoms with Crippen molar-refractivity contribution in [1.82, 2.24) is 14.5 Å². The molecule has 0 N–H and O–H groups in total. The molecule has 40 heavy (non-hydrogen) atoms. The highest BCUT2D eigenvalue weighted by Crippen LogP contribution is 2.59. The van der Waals surface area contributed by atoms with E-state index in [1.807, 2.05) is 6.07 Å². The molecule has 0 amide bonds. The second kappa shape index (κ2) is 7.92. The quantitative estimate of drug-likeness (QED) is 0.230. The van der Waals surface area contributed by atoms with Gasteiger partial charge in [-0.2, -0.15) is 0 Å². The van der Waals surface area contributed by atoms with Gasteiger partial charge in [-0.05, 0) is 40.8 Å². The van der Waals surface area contributed by atoms with E-state index in [4.69, 9.17) is 9.97 Å². The van der Waals surface area contributed by atoms with Gasteiger partial charge in [0.15, 0.2) is 0 Å². The van der Waals surface area contributed by atoms with Crippen LogP contribution in [0.25, 0.3) is 28.0 Å². The Morgan fingerprint density at radius 1 is 0.550 bits per heavy atom. The standard InChI is InChI=1S/C36H30N4/c1-35(2)25-14-10-15-26-32(25)40(33-27(35)17-19-29(37-33)23-11-6-5-7-12-23)34-28(36(26,3)4)18-20-31(38-34)39-22-21-24-13-8-9-16-30(24)39/h5-22H,1-4H3. The van der Waals surface area contributed by atoms with E-state index in [2.05, 4.69) is 140 Å². The van der Waals surface area contributed by atoms with Crippen LogP contribution < -0.4 is 4.90 Å². The molecule has 4 nitrogen and oxygen atoms in total. The van der Waals surface area contributed by atoms with Crippen molar-refractivity contribution in [2.75, 3.05) is 4.90 Å². The fourth-order valence-corrected chi connectivity index (χ4v) is 6.79. The summed E-state index contributed by atoms with van der Waals surface area (Å²) >= 11 is 0. The molecule has 0 fully saturated rings. The largest absolute Gasteiger partial charge is 0.301 e. The Morgan fingerprint density at radius 2 is 1.20 bits per heavy atom. The van der Waals surface area contributed by atoms with Gasteiger partial charge < -0.3 is 4.57 Å². The SMILES string of the molecule is CC1(C)c2ccc(-c3ccccc3)nc2N2c3nc(-n4ccc5ccccc54)ccc3C(C)(C)c3cccc1c32. The lowest BCUT2D eigenvalue weighted by Gasteiger charge is -2.48. The van der Waals surface area contributed by atoms with Gasteiger partial charge in [-0.25, -0.2) is 9.97 Å². The van der Waals surface area contributed by atoms with Crippen molar-refractivity contribution in [3.8, 4) is 17.1 Å². The minimum absolute atomic E-state index is 0.207. The highest BCUT2D eigenvalue weighted by Gasteiger charge is 2.46. The summed E-state index contributed by atoms with van der Waals surface area (Å²) in [7, 11) is 0. The molecule has 3 aromatic carbocycles. The maximum atomic E-state index is 5.43. The minimum atomic E-state index is -0.216. The van der Waals surface area contributed by atoms with Gasteiger partial charge in [0.25, 0.3) is 0 Å². The summed E-state index contributed by atoms with van der Waals surface area (Å²) in [6.07, 6.45) is 2.12. The average Bonchev–Trinajstić information content (AvgIpc) is 3.41. The molecule has 3 aromatic heterocycles. The first-order valence-electron chi connectivity index (χ1n) is 13.9. The van der Waals surface area contributed by atoms with Gasteiger partial charge in [-0.3, -0.25) is 4.90 Å². The van der Waals surface area contributed by atoms with E-state index in [1.165, 1.54) is 33.3 Å². The third-order valence-corrected chi connectivity index (χ3v) is 9.03. The molecule has 0 radical (unpaired) electrons. The molecule has 2 aliphatic rings. The third kappa shape index (κ3) is 3.02. The van der Waals surface area contributed by atoms with Crippen molar-refractivity contribution in [1.29, 1.82) is 0 Å². The van der Waals surface area contributed by atoms with Crippen LogP contribution in [0.3, 0.4) is 0 Å². The summed E-state index contributed by atoms with van der Waals surface area (Å²) in [5.74, 6) is 2.82. The number of nitrogens with zero attached hydrogens (tertiary/aromatic N) is 4. The van der Waals surface area contributed by atoms with E-state index < -0.39 is 0 Å². The number of rotatable bonds is 2. The fourth-order valence-electron chi connectivity index (χ4n) is 6.79. The van der Waals surface area contributed by atoms with Crippen molar-refractivity contribution in [2.24, 2.45) is 0 Å². The van der Waals surface area contributed by atoms with Gasteiger partial charge in [-0.1, -0.05) is 107 Å². The van der Waals surface area contributed by atoms with E-state index in [1.54, 1.807) is 0 Å². The Balaban J connectivity index is 1.43. The van der Waals surface area contributed by atoms with Crippen LogP contribution in [0.5, 0.6) is 0 Å². The number of hydrogen-bond donors (Lipinski definition) is 0. The summed E-state index contributed by atoms with van der Waals surface area (Å²) in [6, 6.07) is 36.7. The Kier molecular flexibility index (Phi) is 4.60. The lowest BCUT2D eigenvalue weighted by molar-refractivity contribution is 0.590. The summed E-state index contributed by atoms with van der Waals surface area (Å²) < 4.78 is 2.19. The number of anilines is 3. The zero-order valence-electron chi connectivity index (χ0n) is 23.2.